The molecule has 1 aromatic heterocycles. The zero-order valence-corrected chi connectivity index (χ0v) is 22.5. The molecule has 214 valence electrons. The van der Waals surface area contributed by atoms with Gasteiger partial charge in [0.05, 0.1) is 44.3 Å². The second-order valence-corrected chi connectivity index (χ2v) is 9.47. The van der Waals surface area contributed by atoms with E-state index in [0.29, 0.717) is 11.1 Å². The summed E-state index contributed by atoms with van der Waals surface area (Å²) in [4.78, 5) is 29.0. The number of hydrogen-bond acceptors (Lipinski definition) is 7. The van der Waals surface area contributed by atoms with E-state index in [2.05, 4.69) is 10.1 Å². The van der Waals surface area contributed by atoms with Crippen LogP contribution in [0.15, 0.2) is 94.8 Å². The Morgan fingerprint density at radius 3 is 2.56 bits per heavy atom. The Hall–Kier alpha value is -5.54. The van der Waals surface area contributed by atoms with Gasteiger partial charge in [-0.3, -0.25) is 14.9 Å². The summed E-state index contributed by atoms with van der Waals surface area (Å²) in [5.74, 6) is -0.423. The van der Waals surface area contributed by atoms with Crippen molar-refractivity contribution in [3.8, 4) is 23.2 Å². The zero-order chi connectivity index (χ0) is 30.7. The molecule has 0 aliphatic carbocycles. The fourth-order valence-electron chi connectivity index (χ4n) is 4.23. The summed E-state index contributed by atoms with van der Waals surface area (Å²) in [6.07, 6.45) is -3.54. The number of para-hydroxylation sites is 1. The van der Waals surface area contributed by atoms with Gasteiger partial charge in [0.25, 0.3) is 5.56 Å². The summed E-state index contributed by atoms with van der Waals surface area (Å²) < 4.78 is 46.8. The fourth-order valence-corrected chi connectivity index (χ4v) is 4.51. The number of nitro benzene ring substituents is 1. The lowest BCUT2D eigenvalue weighted by atomic mass is 10.1. The molecular weight excluding hydrogens is 587 g/mol. The number of fused-ring (bicyclic) bond motifs is 1. The molecule has 0 saturated heterocycles. The van der Waals surface area contributed by atoms with Gasteiger partial charge >= 0.3 is 11.9 Å². The molecule has 0 spiro atoms. The minimum absolute atomic E-state index is 0.0276. The number of aromatic nitrogens is 2. The molecule has 0 N–H and O–H groups in total. The molecule has 4 aromatic carbocycles. The molecule has 5 rings (SSSR count). The van der Waals surface area contributed by atoms with Crippen molar-refractivity contribution in [2.45, 2.75) is 12.8 Å². The molecule has 0 atom stereocenters. The number of halogens is 4. The molecule has 0 bridgehead atoms. The Kier molecular flexibility index (Phi) is 7.92. The predicted octanol–water partition coefficient (Wildman–Crippen LogP) is 6.98. The van der Waals surface area contributed by atoms with Crippen LogP contribution in [0.5, 0.6) is 5.75 Å². The molecule has 5 aromatic rings. The molecule has 0 saturated carbocycles. The number of nitro groups is 1. The van der Waals surface area contributed by atoms with Gasteiger partial charge in [0.15, 0.2) is 5.82 Å². The lowest BCUT2D eigenvalue weighted by Crippen LogP contribution is -2.20. The average Bonchev–Trinajstić information content (AvgIpc) is 2.99. The number of rotatable bonds is 7. The molecule has 0 amide bonds. The normalized spacial score (nSPS) is 11.5. The first kappa shape index (κ1) is 29.0. The van der Waals surface area contributed by atoms with Crippen molar-refractivity contribution in [3.63, 3.8) is 0 Å². The first-order chi connectivity index (χ1) is 20.6. The standard InChI is InChI=1S/C30H17ClF3N5O4/c31-24-12-18(13-26(39(41)42)27(24)43-17-21-7-2-1-6-20(21)15-35)16-36-38-28(19-8-5-9-22(14-19)30(32,33)34)37-25-11-4-3-10-23(25)29(38)40/h1-14,16H,17H2. The van der Waals surface area contributed by atoms with Crippen molar-refractivity contribution in [1.82, 2.24) is 9.66 Å². The van der Waals surface area contributed by atoms with Crippen LogP contribution >= 0.6 is 11.6 Å². The van der Waals surface area contributed by atoms with E-state index in [-0.39, 0.29) is 45.2 Å². The van der Waals surface area contributed by atoms with Gasteiger partial charge in [-0.2, -0.15) is 28.2 Å². The van der Waals surface area contributed by atoms with Gasteiger partial charge in [-0.1, -0.05) is 54.1 Å². The van der Waals surface area contributed by atoms with Crippen LogP contribution in [0.2, 0.25) is 5.02 Å². The number of hydrogen-bond donors (Lipinski definition) is 0. The van der Waals surface area contributed by atoms with Crippen LogP contribution in [0, 0.1) is 21.4 Å². The third kappa shape index (κ3) is 6.07. The van der Waals surface area contributed by atoms with Crippen LogP contribution in [-0.4, -0.2) is 20.8 Å². The highest BCUT2D eigenvalue weighted by Gasteiger charge is 2.31. The maximum atomic E-state index is 13.4. The van der Waals surface area contributed by atoms with Gasteiger partial charge in [0.1, 0.15) is 6.61 Å². The van der Waals surface area contributed by atoms with E-state index in [9.17, 15) is 33.3 Å². The lowest BCUT2D eigenvalue weighted by Gasteiger charge is -2.12. The maximum absolute atomic E-state index is 13.4. The van der Waals surface area contributed by atoms with Crippen molar-refractivity contribution >= 4 is 34.4 Å². The van der Waals surface area contributed by atoms with Crippen molar-refractivity contribution in [2.75, 3.05) is 0 Å². The first-order valence-corrected chi connectivity index (χ1v) is 12.8. The predicted molar refractivity (Wildman–Crippen MR) is 153 cm³/mol. The Morgan fingerprint density at radius 2 is 1.81 bits per heavy atom. The highest BCUT2D eigenvalue weighted by molar-refractivity contribution is 6.32. The van der Waals surface area contributed by atoms with Crippen molar-refractivity contribution in [3.05, 3.63) is 133 Å². The molecular formula is C30H17ClF3N5O4. The quantitative estimate of drug-likeness (QED) is 0.112. The van der Waals surface area contributed by atoms with Gasteiger partial charge < -0.3 is 4.74 Å². The van der Waals surface area contributed by atoms with E-state index in [4.69, 9.17) is 16.3 Å². The Morgan fingerprint density at radius 1 is 1.07 bits per heavy atom. The summed E-state index contributed by atoms with van der Waals surface area (Å²) in [6, 6.07) is 21.5. The molecule has 0 radical (unpaired) electrons. The summed E-state index contributed by atoms with van der Waals surface area (Å²) in [7, 11) is 0. The maximum Gasteiger partial charge on any atom is 0.416 e. The topological polar surface area (TPSA) is 123 Å². The third-order valence-electron chi connectivity index (χ3n) is 6.28. The molecule has 9 nitrogen and oxygen atoms in total. The molecule has 0 aliphatic heterocycles. The fraction of sp³-hybridized carbons (Fsp3) is 0.0667. The van der Waals surface area contributed by atoms with Crippen LogP contribution in [0.1, 0.15) is 22.3 Å². The Balaban J connectivity index is 1.58. The molecule has 43 heavy (non-hydrogen) atoms. The monoisotopic (exact) mass is 603 g/mol. The average molecular weight is 604 g/mol. The molecule has 0 aliphatic rings. The minimum Gasteiger partial charge on any atom is -0.481 e. The van der Waals surface area contributed by atoms with Gasteiger partial charge in [-0.15, -0.1) is 0 Å². The van der Waals surface area contributed by atoms with Crippen LogP contribution in [0.3, 0.4) is 0 Å². The summed E-state index contributed by atoms with van der Waals surface area (Å²) in [5.41, 5.74) is -1.00. The second kappa shape index (κ2) is 11.8. The van der Waals surface area contributed by atoms with Gasteiger partial charge in [-0.25, -0.2) is 4.98 Å². The van der Waals surface area contributed by atoms with Crippen LogP contribution in [-0.2, 0) is 12.8 Å². The van der Waals surface area contributed by atoms with E-state index in [1.54, 1.807) is 42.5 Å². The Bertz CT molecular complexity index is 2020. The van der Waals surface area contributed by atoms with E-state index in [0.717, 1.165) is 29.1 Å². The molecule has 0 fully saturated rings. The molecule has 1 heterocycles. The first-order valence-electron chi connectivity index (χ1n) is 12.4. The van der Waals surface area contributed by atoms with Crippen LogP contribution in [0.25, 0.3) is 22.3 Å². The van der Waals surface area contributed by atoms with Crippen molar-refractivity contribution in [1.29, 1.82) is 5.26 Å². The number of nitriles is 1. The van der Waals surface area contributed by atoms with Gasteiger partial charge in [0.2, 0.25) is 5.75 Å². The summed E-state index contributed by atoms with van der Waals surface area (Å²) >= 11 is 6.35. The second-order valence-electron chi connectivity index (χ2n) is 9.06. The van der Waals surface area contributed by atoms with Crippen molar-refractivity contribution in [2.24, 2.45) is 5.10 Å². The highest BCUT2D eigenvalue weighted by atomic mass is 35.5. The van der Waals surface area contributed by atoms with E-state index in [1.807, 2.05) is 6.07 Å². The number of ether oxygens (including phenoxy) is 1. The van der Waals surface area contributed by atoms with Crippen LogP contribution < -0.4 is 10.3 Å². The lowest BCUT2D eigenvalue weighted by molar-refractivity contribution is -0.385. The number of benzene rings is 4. The number of alkyl halides is 3. The smallest absolute Gasteiger partial charge is 0.416 e. The van der Waals surface area contributed by atoms with E-state index in [1.165, 1.54) is 24.3 Å². The summed E-state index contributed by atoms with van der Waals surface area (Å²) in [5, 5.41) is 25.4. The third-order valence-corrected chi connectivity index (χ3v) is 6.56. The highest BCUT2D eigenvalue weighted by Crippen LogP contribution is 2.37. The summed E-state index contributed by atoms with van der Waals surface area (Å²) in [6.45, 7) is -0.170. The van der Waals surface area contributed by atoms with Crippen molar-refractivity contribution < 1.29 is 22.8 Å². The zero-order valence-electron chi connectivity index (χ0n) is 21.7. The molecule has 0 unspecified atom stereocenters. The van der Waals surface area contributed by atoms with Gasteiger partial charge in [-0.05, 0) is 36.4 Å². The SMILES string of the molecule is N#Cc1ccccc1COc1c(Cl)cc(C=Nn2c(-c3cccc(C(F)(F)F)c3)nc3ccccc3c2=O)cc1[N+](=O)[O-]. The minimum atomic E-state index is -4.64. The van der Waals surface area contributed by atoms with Gasteiger partial charge in [0, 0.05) is 22.8 Å². The molecule has 13 heteroatoms. The largest absolute Gasteiger partial charge is 0.481 e. The number of nitrogens with zero attached hydrogens (tertiary/aromatic N) is 5. The van der Waals surface area contributed by atoms with E-state index < -0.39 is 27.9 Å². The van der Waals surface area contributed by atoms with E-state index >= 15 is 0 Å². The van der Waals surface area contributed by atoms with Crippen LogP contribution in [0.4, 0.5) is 18.9 Å². The Labute approximate surface area is 245 Å².